The molecule has 0 aliphatic heterocycles. The summed E-state index contributed by atoms with van der Waals surface area (Å²) < 4.78 is 0. The van der Waals surface area contributed by atoms with Crippen molar-refractivity contribution in [2.45, 2.75) is 19.8 Å². The Kier molecular flexibility index (Phi) is 4.71. The molecule has 0 radical (unpaired) electrons. The van der Waals surface area contributed by atoms with Crippen molar-refractivity contribution >= 4 is 11.7 Å². The molecule has 1 aromatic carbocycles. The lowest BCUT2D eigenvalue weighted by Crippen LogP contribution is -2.35. The number of hydrogen-bond acceptors (Lipinski definition) is 3. The zero-order valence-electron chi connectivity index (χ0n) is 10.9. The summed E-state index contributed by atoms with van der Waals surface area (Å²) in [6.07, 6.45) is 0. The molecule has 5 nitrogen and oxygen atoms in total. The Morgan fingerprint density at radius 3 is 2.39 bits per heavy atom. The number of hydrogen-bond donors (Lipinski definition) is 2. The Bertz CT molecular complexity index is 438. The topological polar surface area (TPSA) is 78.9 Å². The lowest BCUT2D eigenvalue weighted by atomic mass is 10.0. The van der Waals surface area contributed by atoms with Gasteiger partial charge in [0.1, 0.15) is 0 Å². The van der Waals surface area contributed by atoms with Gasteiger partial charge in [0.25, 0.3) is 5.91 Å². The number of oxime groups is 1. The molecule has 0 atom stereocenters. The van der Waals surface area contributed by atoms with E-state index in [4.69, 9.17) is 10.9 Å². The maximum absolute atomic E-state index is 12.0. The van der Waals surface area contributed by atoms with Gasteiger partial charge in [-0.1, -0.05) is 31.1 Å². The van der Waals surface area contributed by atoms with Gasteiger partial charge < -0.3 is 15.8 Å². The first-order valence-electron chi connectivity index (χ1n) is 5.77. The second kappa shape index (κ2) is 6.05. The lowest BCUT2D eigenvalue weighted by Gasteiger charge is -2.16. The third kappa shape index (κ3) is 3.48. The van der Waals surface area contributed by atoms with Gasteiger partial charge in [-0.25, -0.2) is 0 Å². The van der Waals surface area contributed by atoms with Gasteiger partial charge in [-0.15, -0.1) is 0 Å². The third-order valence-electron chi connectivity index (χ3n) is 2.70. The lowest BCUT2D eigenvalue weighted by molar-refractivity contribution is 0.0813. The molecule has 5 heteroatoms. The Labute approximate surface area is 107 Å². The maximum Gasteiger partial charge on any atom is 0.254 e. The van der Waals surface area contributed by atoms with Crippen molar-refractivity contribution in [3.63, 3.8) is 0 Å². The number of nitrogens with zero attached hydrogens (tertiary/aromatic N) is 2. The number of likely N-dealkylation sites (N-methyl/N-ethyl adjacent to an activating group) is 1. The highest BCUT2D eigenvalue weighted by Crippen LogP contribution is 2.15. The smallest absolute Gasteiger partial charge is 0.254 e. The molecule has 0 heterocycles. The van der Waals surface area contributed by atoms with E-state index < -0.39 is 0 Å². The van der Waals surface area contributed by atoms with Crippen LogP contribution in [0.5, 0.6) is 0 Å². The van der Waals surface area contributed by atoms with Gasteiger partial charge in [0.05, 0.1) is 6.54 Å². The molecule has 0 aliphatic rings. The molecule has 0 aromatic heterocycles. The summed E-state index contributed by atoms with van der Waals surface area (Å²) in [6, 6.07) is 7.46. The molecular formula is C13H19N3O2. The average Bonchev–Trinajstić information content (AvgIpc) is 2.37. The predicted octanol–water partition coefficient (Wildman–Crippen LogP) is 1.63. The monoisotopic (exact) mass is 249 g/mol. The molecule has 0 saturated carbocycles. The second-order valence-electron chi connectivity index (χ2n) is 4.53. The summed E-state index contributed by atoms with van der Waals surface area (Å²) in [6.45, 7) is 4.30. The zero-order chi connectivity index (χ0) is 13.7. The number of rotatable bonds is 4. The van der Waals surface area contributed by atoms with Gasteiger partial charge in [-0.2, -0.15) is 0 Å². The first kappa shape index (κ1) is 14.0. The van der Waals surface area contributed by atoms with E-state index in [1.165, 1.54) is 10.5 Å². The average molecular weight is 249 g/mol. The van der Waals surface area contributed by atoms with Crippen LogP contribution in [0, 0.1) is 0 Å². The number of carbonyl (C=O) groups is 1. The first-order valence-corrected chi connectivity index (χ1v) is 5.77. The minimum Gasteiger partial charge on any atom is -0.409 e. The normalized spacial score (nSPS) is 11.7. The summed E-state index contributed by atoms with van der Waals surface area (Å²) in [5, 5.41) is 11.3. The van der Waals surface area contributed by atoms with Gasteiger partial charge >= 0.3 is 0 Å². The highest BCUT2D eigenvalue weighted by molar-refractivity contribution is 5.96. The number of nitrogens with two attached hydrogens (primary N) is 1. The fourth-order valence-corrected chi connectivity index (χ4v) is 1.58. The first-order chi connectivity index (χ1) is 8.45. The largest absolute Gasteiger partial charge is 0.409 e. The quantitative estimate of drug-likeness (QED) is 0.368. The van der Waals surface area contributed by atoms with Gasteiger partial charge in [0.15, 0.2) is 5.84 Å². The number of amidine groups is 1. The van der Waals surface area contributed by atoms with Gasteiger partial charge in [-0.3, -0.25) is 4.79 Å². The van der Waals surface area contributed by atoms with Crippen molar-refractivity contribution in [3.8, 4) is 0 Å². The molecule has 0 aliphatic carbocycles. The van der Waals surface area contributed by atoms with Crippen LogP contribution in [0.25, 0.3) is 0 Å². The molecule has 18 heavy (non-hydrogen) atoms. The van der Waals surface area contributed by atoms with E-state index >= 15 is 0 Å². The number of amides is 1. The standard InChI is InChI=1S/C13H19N3O2/c1-9(2)10-4-6-11(7-5-10)13(17)16(3)8-12(14)15-18/h4-7,9,18H,8H2,1-3H3,(H2,14,15). The van der Waals surface area contributed by atoms with E-state index in [1.807, 2.05) is 12.1 Å². The molecule has 1 amide bonds. The molecule has 98 valence electrons. The van der Waals surface area contributed by atoms with Crippen LogP contribution in [0.2, 0.25) is 0 Å². The minimum absolute atomic E-state index is 0.00431. The van der Waals surface area contributed by atoms with Crippen LogP contribution in [0.3, 0.4) is 0 Å². The van der Waals surface area contributed by atoms with Crippen LogP contribution in [0.15, 0.2) is 29.4 Å². The fraction of sp³-hybridized carbons (Fsp3) is 0.385. The minimum atomic E-state index is -0.156. The van der Waals surface area contributed by atoms with E-state index in [9.17, 15) is 4.79 Å². The van der Waals surface area contributed by atoms with Crippen LogP contribution < -0.4 is 5.73 Å². The Balaban J connectivity index is 2.78. The van der Waals surface area contributed by atoms with Crippen molar-refractivity contribution in [2.75, 3.05) is 13.6 Å². The molecule has 3 N–H and O–H groups in total. The van der Waals surface area contributed by atoms with E-state index in [0.717, 1.165) is 0 Å². The van der Waals surface area contributed by atoms with E-state index in [2.05, 4.69) is 19.0 Å². The van der Waals surface area contributed by atoms with Crippen molar-refractivity contribution in [2.24, 2.45) is 10.9 Å². The molecule has 0 fully saturated rings. The summed E-state index contributed by atoms with van der Waals surface area (Å²) in [5.41, 5.74) is 7.14. The van der Waals surface area contributed by atoms with Gasteiger partial charge in [0.2, 0.25) is 0 Å². The summed E-state index contributed by atoms with van der Waals surface area (Å²) in [4.78, 5) is 13.4. The molecule has 0 spiro atoms. The number of carbonyl (C=O) groups excluding carboxylic acids is 1. The molecule has 1 rings (SSSR count). The highest BCUT2D eigenvalue weighted by atomic mass is 16.4. The maximum atomic E-state index is 12.0. The van der Waals surface area contributed by atoms with E-state index in [-0.39, 0.29) is 18.3 Å². The SMILES string of the molecule is CC(C)c1ccc(C(=O)N(C)CC(N)=NO)cc1. The Morgan fingerprint density at radius 1 is 1.39 bits per heavy atom. The summed E-state index contributed by atoms with van der Waals surface area (Å²) >= 11 is 0. The Morgan fingerprint density at radius 2 is 1.94 bits per heavy atom. The summed E-state index contributed by atoms with van der Waals surface area (Å²) in [5.74, 6) is 0.283. The van der Waals surface area contributed by atoms with Gasteiger partial charge in [-0.05, 0) is 23.6 Å². The van der Waals surface area contributed by atoms with Crippen molar-refractivity contribution < 1.29 is 10.0 Å². The zero-order valence-corrected chi connectivity index (χ0v) is 10.9. The third-order valence-corrected chi connectivity index (χ3v) is 2.70. The fourth-order valence-electron chi connectivity index (χ4n) is 1.58. The predicted molar refractivity (Wildman–Crippen MR) is 70.9 cm³/mol. The van der Waals surface area contributed by atoms with Crippen LogP contribution in [-0.2, 0) is 0 Å². The Hall–Kier alpha value is -2.04. The van der Waals surface area contributed by atoms with Crippen molar-refractivity contribution in [3.05, 3.63) is 35.4 Å². The molecule has 0 bridgehead atoms. The number of benzene rings is 1. The van der Waals surface area contributed by atoms with Crippen LogP contribution >= 0.6 is 0 Å². The van der Waals surface area contributed by atoms with E-state index in [1.54, 1.807) is 19.2 Å². The molecule has 0 unspecified atom stereocenters. The molecule has 0 saturated heterocycles. The highest BCUT2D eigenvalue weighted by Gasteiger charge is 2.13. The van der Waals surface area contributed by atoms with Crippen LogP contribution in [-0.4, -0.2) is 35.4 Å². The van der Waals surface area contributed by atoms with Crippen LogP contribution in [0.4, 0.5) is 0 Å². The molecule has 1 aromatic rings. The van der Waals surface area contributed by atoms with E-state index in [0.29, 0.717) is 11.5 Å². The van der Waals surface area contributed by atoms with Crippen LogP contribution in [0.1, 0.15) is 35.7 Å². The summed E-state index contributed by atoms with van der Waals surface area (Å²) in [7, 11) is 1.61. The van der Waals surface area contributed by atoms with Crippen molar-refractivity contribution in [1.29, 1.82) is 0 Å². The second-order valence-corrected chi connectivity index (χ2v) is 4.53. The van der Waals surface area contributed by atoms with Gasteiger partial charge in [0, 0.05) is 12.6 Å². The molecular weight excluding hydrogens is 230 g/mol. The van der Waals surface area contributed by atoms with Crippen molar-refractivity contribution in [1.82, 2.24) is 4.90 Å².